The maximum absolute atomic E-state index is 13.5. The summed E-state index contributed by atoms with van der Waals surface area (Å²) < 4.78 is 13.5. The normalized spacial score (nSPS) is 10.2. The molecular weight excluding hydrogens is 257 g/mol. The Morgan fingerprint density at radius 1 is 1.30 bits per heavy atom. The Kier molecular flexibility index (Phi) is 4.30. The fourth-order valence-electron chi connectivity index (χ4n) is 1.85. The van der Waals surface area contributed by atoms with Crippen molar-refractivity contribution in [2.45, 2.75) is 13.8 Å². The molecule has 4 nitrogen and oxygen atoms in total. The summed E-state index contributed by atoms with van der Waals surface area (Å²) in [7, 11) is 0. The molecule has 2 rings (SSSR count). The lowest BCUT2D eigenvalue weighted by atomic mass is 10.1. The highest BCUT2D eigenvalue weighted by Gasteiger charge is 2.13. The number of carbonyl (C=O) groups excluding carboxylic acids is 1. The number of amides is 1. The predicted molar refractivity (Wildman–Crippen MR) is 77.5 cm³/mol. The van der Waals surface area contributed by atoms with Crippen LogP contribution in [0, 0.1) is 12.7 Å². The van der Waals surface area contributed by atoms with Gasteiger partial charge in [-0.2, -0.15) is 0 Å². The first-order valence-corrected chi connectivity index (χ1v) is 6.37. The number of carbonyl (C=O) groups is 1. The van der Waals surface area contributed by atoms with Crippen LogP contribution in [0.1, 0.15) is 22.8 Å². The maximum Gasteiger partial charge on any atom is 0.259 e. The minimum Gasteiger partial charge on any atom is -0.385 e. The van der Waals surface area contributed by atoms with Crippen LogP contribution < -0.4 is 10.6 Å². The molecule has 2 aromatic rings. The van der Waals surface area contributed by atoms with Crippen LogP contribution in [-0.2, 0) is 0 Å². The molecule has 0 aliphatic rings. The Balaban J connectivity index is 2.26. The molecule has 0 fully saturated rings. The molecule has 1 amide bonds. The molecule has 0 atom stereocenters. The molecule has 1 aromatic heterocycles. The van der Waals surface area contributed by atoms with E-state index in [-0.39, 0.29) is 11.7 Å². The Bertz CT molecular complexity index is 628. The van der Waals surface area contributed by atoms with Crippen LogP contribution in [0.5, 0.6) is 0 Å². The number of rotatable bonds is 4. The van der Waals surface area contributed by atoms with Gasteiger partial charge in [0.1, 0.15) is 5.82 Å². The predicted octanol–water partition coefficient (Wildman–Crippen LogP) is 3.21. The van der Waals surface area contributed by atoms with E-state index in [0.29, 0.717) is 29.0 Å². The number of hydrogen-bond donors (Lipinski definition) is 2. The zero-order valence-electron chi connectivity index (χ0n) is 11.4. The van der Waals surface area contributed by atoms with E-state index >= 15 is 0 Å². The van der Waals surface area contributed by atoms with Crippen LogP contribution in [0.4, 0.5) is 15.8 Å². The Morgan fingerprint density at radius 2 is 2.10 bits per heavy atom. The van der Waals surface area contributed by atoms with Crippen molar-refractivity contribution in [1.29, 1.82) is 0 Å². The largest absolute Gasteiger partial charge is 0.385 e. The second-order valence-corrected chi connectivity index (χ2v) is 4.32. The van der Waals surface area contributed by atoms with Gasteiger partial charge in [-0.05, 0) is 32.0 Å². The SMILES string of the molecule is CCNc1ccncc1C(=O)Nc1cccc(F)c1C. The number of aromatic nitrogens is 1. The molecule has 0 unspecified atom stereocenters. The highest BCUT2D eigenvalue weighted by molar-refractivity contribution is 6.08. The molecular formula is C15H16FN3O. The number of nitrogens with one attached hydrogen (secondary N) is 2. The molecule has 0 aliphatic heterocycles. The summed E-state index contributed by atoms with van der Waals surface area (Å²) in [6.07, 6.45) is 3.10. The van der Waals surface area contributed by atoms with Crippen LogP contribution in [-0.4, -0.2) is 17.4 Å². The number of hydrogen-bond acceptors (Lipinski definition) is 3. The van der Waals surface area contributed by atoms with Gasteiger partial charge in [-0.15, -0.1) is 0 Å². The van der Waals surface area contributed by atoms with Crippen molar-refractivity contribution in [1.82, 2.24) is 4.98 Å². The van der Waals surface area contributed by atoms with Gasteiger partial charge in [0, 0.05) is 30.2 Å². The van der Waals surface area contributed by atoms with Crippen LogP contribution >= 0.6 is 0 Å². The third-order valence-electron chi connectivity index (χ3n) is 2.95. The molecule has 0 saturated heterocycles. The first kappa shape index (κ1) is 14.0. The van der Waals surface area contributed by atoms with Crippen LogP contribution in [0.15, 0.2) is 36.7 Å². The first-order chi connectivity index (χ1) is 9.63. The van der Waals surface area contributed by atoms with Gasteiger partial charge in [0.15, 0.2) is 0 Å². The first-order valence-electron chi connectivity index (χ1n) is 6.37. The molecule has 0 saturated carbocycles. The third kappa shape index (κ3) is 2.93. The number of nitrogens with zero attached hydrogens (tertiary/aromatic N) is 1. The molecule has 1 heterocycles. The van der Waals surface area contributed by atoms with E-state index in [9.17, 15) is 9.18 Å². The molecule has 20 heavy (non-hydrogen) atoms. The lowest BCUT2D eigenvalue weighted by Gasteiger charge is -2.12. The smallest absolute Gasteiger partial charge is 0.259 e. The lowest BCUT2D eigenvalue weighted by Crippen LogP contribution is -2.16. The molecule has 0 radical (unpaired) electrons. The zero-order valence-corrected chi connectivity index (χ0v) is 11.4. The Morgan fingerprint density at radius 3 is 2.85 bits per heavy atom. The molecule has 5 heteroatoms. The summed E-state index contributed by atoms with van der Waals surface area (Å²) in [6.45, 7) is 4.27. The molecule has 0 bridgehead atoms. The van der Waals surface area contributed by atoms with Gasteiger partial charge in [-0.25, -0.2) is 4.39 Å². The van der Waals surface area contributed by atoms with Crippen molar-refractivity contribution in [2.24, 2.45) is 0 Å². The van der Waals surface area contributed by atoms with E-state index in [1.165, 1.54) is 12.3 Å². The molecule has 0 spiro atoms. The van der Waals surface area contributed by atoms with E-state index in [4.69, 9.17) is 0 Å². The minimum atomic E-state index is -0.346. The van der Waals surface area contributed by atoms with Crippen molar-refractivity contribution in [3.63, 3.8) is 0 Å². The molecule has 2 N–H and O–H groups in total. The van der Waals surface area contributed by atoms with Gasteiger partial charge < -0.3 is 10.6 Å². The van der Waals surface area contributed by atoms with Crippen LogP contribution in [0.3, 0.4) is 0 Å². The minimum absolute atomic E-state index is 0.317. The fourth-order valence-corrected chi connectivity index (χ4v) is 1.85. The fraction of sp³-hybridized carbons (Fsp3) is 0.200. The van der Waals surface area contributed by atoms with E-state index in [1.54, 1.807) is 31.3 Å². The van der Waals surface area contributed by atoms with Gasteiger partial charge in [-0.3, -0.25) is 9.78 Å². The average molecular weight is 273 g/mol. The van der Waals surface area contributed by atoms with Gasteiger partial charge in [0.05, 0.1) is 11.3 Å². The zero-order chi connectivity index (χ0) is 14.5. The van der Waals surface area contributed by atoms with E-state index in [1.807, 2.05) is 6.92 Å². The van der Waals surface area contributed by atoms with E-state index < -0.39 is 0 Å². The summed E-state index contributed by atoms with van der Waals surface area (Å²) >= 11 is 0. The highest BCUT2D eigenvalue weighted by Crippen LogP contribution is 2.20. The maximum atomic E-state index is 13.5. The summed E-state index contributed by atoms with van der Waals surface area (Å²) in [5.74, 6) is -0.663. The van der Waals surface area contributed by atoms with E-state index in [2.05, 4.69) is 15.6 Å². The number of anilines is 2. The molecule has 104 valence electrons. The average Bonchev–Trinajstić information content (AvgIpc) is 2.45. The number of benzene rings is 1. The van der Waals surface area contributed by atoms with Crippen molar-refractivity contribution in [3.8, 4) is 0 Å². The lowest BCUT2D eigenvalue weighted by molar-refractivity contribution is 0.102. The van der Waals surface area contributed by atoms with Crippen molar-refractivity contribution < 1.29 is 9.18 Å². The number of pyridine rings is 1. The molecule has 0 aliphatic carbocycles. The second kappa shape index (κ2) is 6.14. The molecule has 1 aromatic carbocycles. The summed E-state index contributed by atoms with van der Waals surface area (Å²) in [5, 5.41) is 5.80. The van der Waals surface area contributed by atoms with Crippen molar-refractivity contribution in [2.75, 3.05) is 17.2 Å². The Hall–Kier alpha value is -2.43. The van der Waals surface area contributed by atoms with Gasteiger partial charge in [0.2, 0.25) is 0 Å². The highest BCUT2D eigenvalue weighted by atomic mass is 19.1. The van der Waals surface area contributed by atoms with Crippen LogP contribution in [0.2, 0.25) is 0 Å². The van der Waals surface area contributed by atoms with Crippen molar-refractivity contribution >= 4 is 17.3 Å². The summed E-state index contributed by atoms with van der Waals surface area (Å²) in [5.41, 5.74) is 2.00. The topological polar surface area (TPSA) is 54.0 Å². The Labute approximate surface area is 117 Å². The number of halogens is 1. The van der Waals surface area contributed by atoms with Gasteiger partial charge >= 0.3 is 0 Å². The summed E-state index contributed by atoms with van der Waals surface area (Å²) in [4.78, 5) is 16.2. The standard InChI is InChI=1S/C15H16FN3O/c1-3-18-14-7-8-17-9-11(14)15(20)19-13-6-4-5-12(16)10(13)2/h4-9H,3H2,1-2H3,(H,17,18)(H,19,20). The van der Waals surface area contributed by atoms with Gasteiger partial charge in [0.25, 0.3) is 5.91 Å². The van der Waals surface area contributed by atoms with Gasteiger partial charge in [-0.1, -0.05) is 6.07 Å². The summed E-state index contributed by atoms with van der Waals surface area (Å²) in [6, 6.07) is 6.32. The third-order valence-corrected chi connectivity index (χ3v) is 2.95. The quantitative estimate of drug-likeness (QED) is 0.899. The van der Waals surface area contributed by atoms with Crippen LogP contribution in [0.25, 0.3) is 0 Å². The van der Waals surface area contributed by atoms with Crippen molar-refractivity contribution in [3.05, 3.63) is 53.6 Å². The van der Waals surface area contributed by atoms with E-state index in [0.717, 1.165) is 0 Å². The second-order valence-electron chi connectivity index (χ2n) is 4.32. The monoisotopic (exact) mass is 273 g/mol.